The second-order valence-electron chi connectivity index (χ2n) is 11.4. The summed E-state index contributed by atoms with van der Waals surface area (Å²) in [6, 6.07) is 7.48. The van der Waals surface area contributed by atoms with Gasteiger partial charge in [0, 0.05) is 59.7 Å². The van der Waals surface area contributed by atoms with Crippen molar-refractivity contribution in [3.63, 3.8) is 0 Å². The van der Waals surface area contributed by atoms with Crippen molar-refractivity contribution in [2.75, 3.05) is 18.0 Å². The van der Waals surface area contributed by atoms with Gasteiger partial charge in [0.2, 0.25) is 0 Å². The van der Waals surface area contributed by atoms with Gasteiger partial charge in [0.05, 0.1) is 21.7 Å². The van der Waals surface area contributed by atoms with Gasteiger partial charge in [-0.3, -0.25) is 4.98 Å². The number of carboxylic acid groups (broad SMARTS) is 1. The van der Waals surface area contributed by atoms with Crippen LogP contribution in [0.25, 0.3) is 28.2 Å². The molecule has 2 atom stereocenters. The quantitative estimate of drug-likeness (QED) is 0.227. The van der Waals surface area contributed by atoms with Crippen molar-refractivity contribution in [1.82, 2.24) is 15.1 Å². The lowest BCUT2D eigenvalue weighted by Gasteiger charge is -2.22. The van der Waals surface area contributed by atoms with Crippen LogP contribution in [0.1, 0.15) is 54.4 Å². The number of carbonyl (C=O) groups is 1. The molecule has 3 fully saturated rings. The number of halogens is 2. The first kappa shape index (κ1) is 26.3. The number of hydrogen-bond acceptors (Lipinski definition) is 7. The van der Waals surface area contributed by atoms with Crippen LogP contribution < -0.4 is 9.64 Å². The predicted octanol–water partition coefficient (Wildman–Crippen LogP) is 7.35. The Morgan fingerprint density at radius 3 is 2.54 bits per heavy atom. The van der Waals surface area contributed by atoms with E-state index in [-0.39, 0.29) is 11.8 Å². The van der Waals surface area contributed by atoms with Gasteiger partial charge in [-0.2, -0.15) is 0 Å². The van der Waals surface area contributed by atoms with Crippen LogP contribution in [0.5, 0.6) is 5.75 Å². The van der Waals surface area contributed by atoms with Crippen LogP contribution >= 0.6 is 23.2 Å². The Morgan fingerprint density at radius 1 is 1.15 bits per heavy atom. The highest BCUT2D eigenvalue weighted by molar-refractivity contribution is 6.39. The monoisotopic (exact) mass is 590 g/mol. The summed E-state index contributed by atoms with van der Waals surface area (Å²) in [5.41, 5.74) is 3.97. The van der Waals surface area contributed by atoms with Crippen LogP contribution in [0.2, 0.25) is 10.0 Å². The number of rotatable bonds is 8. The van der Waals surface area contributed by atoms with E-state index in [0.29, 0.717) is 56.2 Å². The number of nitrogens with zero attached hydrogens (tertiary/aromatic N) is 4. The van der Waals surface area contributed by atoms with E-state index in [4.69, 9.17) is 32.5 Å². The topological polar surface area (TPSA) is 102 Å². The molecule has 41 heavy (non-hydrogen) atoms. The standard InChI is InChI=1S/C31H28Cl2N4O4/c1-15(2)40-27-10-26(31(38)39)35-25-8-5-17(9-20(25)27)37-13-21-18(22(21)14-37)6-7-19-29(36-41-30(19)16-3-4-16)28-23(32)11-34-12-24(28)33/h5-12,15-16,18,21-22H,3-4,13-14H2,1-2H3,(H,38,39). The highest BCUT2D eigenvalue weighted by atomic mass is 35.5. The summed E-state index contributed by atoms with van der Waals surface area (Å²) in [5, 5.41) is 15.6. The number of fused-ring (bicyclic) bond motifs is 2. The van der Waals surface area contributed by atoms with Crippen LogP contribution in [-0.2, 0) is 0 Å². The summed E-state index contributed by atoms with van der Waals surface area (Å²) in [6.07, 6.45) is 9.71. The number of allylic oxidation sites excluding steroid dienone is 1. The molecule has 0 radical (unpaired) electrons. The average Bonchev–Trinajstić information content (AvgIpc) is 3.80. The van der Waals surface area contributed by atoms with E-state index in [1.54, 1.807) is 12.4 Å². The highest BCUT2D eigenvalue weighted by Crippen LogP contribution is 2.54. The van der Waals surface area contributed by atoms with Gasteiger partial charge in [-0.15, -0.1) is 0 Å². The fourth-order valence-electron chi connectivity index (χ4n) is 6.05. The Morgan fingerprint density at radius 2 is 1.88 bits per heavy atom. The van der Waals surface area contributed by atoms with Crippen LogP contribution in [0.4, 0.5) is 5.69 Å². The maximum absolute atomic E-state index is 11.6. The van der Waals surface area contributed by atoms with E-state index in [2.05, 4.69) is 38.2 Å². The van der Waals surface area contributed by atoms with Crippen molar-refractivity contribution in [1.29, 1.82) is 0 Å². The first-order chi connectivity index (χ1) is 19.8. The molecule has 7 rings (SSSR count). The van der Waals surface area contributed by atoms with E-state index in [0.717, 1.165) is 48.3 Å². The molecule has 1 saturated heterocycles. The molecule has 210 valence electrons. The van der Waals surface area contributed by atoms with Crippen molar-refractivity contribution < 1.29 is 19.2 Å². The minimum atomic E-state index is -1.07. The number of pyridine rings is 2. The van der Waals surface area contributed by atoms with Gasteiger partial charge in [0.15, 0.2) is 5.69 Å². The van der Waals surface area contributed by atoms with Gasteiger partial charge < -0.3 is 19.3 Å². The number of ether oxygens (including phenoxy) is 1. The summed E-state index contributed by atoms with van der Waals surface area (Å²) in [6.45, 7) is 5.74. The molecule has 1 N–H and O–H groups in total. The van der Waals surface area contributed by atoms with E-state index < -0.39 is 5.97 Å². The minimum Gasteiger partial charge on any atom is -0.490 e. The SMILES string of the molecule is CC(C)Oc1cc(C(=O)O)nc2ccc(N3CC4C(C=Cc5c(-c6c(Cl)cncc6Cl)noc5C5CC5)C4C3)cc12. The number of anilines is 1. The number of aromatic nitrogens is 3. The van der Waals surface area contributed by atoms with Gasteiger partial charge in [-0.1, -0.05) is 40.5 Å². The van der Waals surface area contributed by atoms with Crippen molar-refractivity contribution >= 4 is 51.8 Å². The first-order valence-corrected chi connectivity index (χ1v) is 14.6. The lowest BCUT2D eigenvalue weighted by atomic mass is 10.0. The van der Waals surface area contributed by atoms with Crippen molar-refractivity contribution in [2.45, 2.75) is 38.7 Å². The van der Waals surface area contributed by atoms with Gasteiger partial charge in [0.1, 0.15) is 17.2 Å². The summed E-state index contributed by atoms with van der Waals surface area (Å²) < 4.78 is 11.8. The molecule has 0 amide bonds. The largest absolute Gasteiger partial charge is 0.490 e. The zero-order chi connectivity index (χ0) is 28.4. The molecule has 4 heterocycles. The average molecular weight is 591 g/mol. The Kier molecular flexibility index (Phi) is 6.43. The van der Waals surface area contributed by atoms with Gasteiger partial charge >= 0.3 is 5.97 Å². The third kappa shape index (κ3) is 4.83. The van der Waals surface area contributed by atoms with Gasteiger partial charge in [0.25, 0.3) is 0 Å². The predicted molar refractivity (Wildman–Crippen MR) is 158 cm³/mol. The molecular formula is C31H28Cl2N4O4. The molecule has 2 saturated carbocycles. The molecular weight excluding hydrogens is 563 g/mol. The number of carboxylic acids is 1. The zero-order valence-electron chi connectivity index (χ0n) is 22.6. The molecule has 0 spiro atoms. The smallest absolute Gasteiger partial charge is 0.354 e. The summed E-state index contributed by atoms with van der Waals surface area (Å²) in [4.78, 5) is 22.4. The third-order valence-electron chi connectivity index (χ3n) is 8.24. The molecule has 0 bridgehead atoms. The van der Waals surface area contributed by atoms with Crippen LogP contribution in [0, 0.1) is 17.8 Å². The maximum Gasteiger partial charge on any atom is 0.354 e. The Labute approximate surface area is 246 Å². The van der Waals surface area contributed by atoms with Gasteiger partial charge in [-0.05, 0) is 62.6 Å². The summed E-state index contributed by atoms with van der Waals surface area (Å²) >= 11 is 12.9. The second kappa shape index (κ2) is 10.0. The number of piperidine rings is 1. The molecule has 1 aliphatic heterocycles. The van der Waals surface area contributed by atoms with Crippen molar-refractivity contribution in [3.05, 3.63) is 69.8 Å². The second-order valence-corrected chi connectivity index (χ2v) is 12.2. The Bertz CT molecular complexity index is 1680. The lowest BCUT2D eigenvalue weighted by Crippen LogP contribution is -2.23. The third-order valence-corrected chi connectivity index (χ3v) is 8.81. The van der Waals surface area contributed by atoms with E-state index in [1.165, 1.54) is 6.07 Å². The molecule has 3 aliphatic rings. The fraction of sp³-hybridized carbons (Fsp3) is 0.355. The minimum absolute atomic E-state index is 0.0211. The summed E-state index contributed by atoms with van der Waals surface area (Å²) in [5.74, 6) is 2.36. The molecule has 2 unspecified atom stereocenters. The van der Waals surface area contributed by atoms with E-state index in [9.17, 15) is 9.90 Å². The molecule has 4 aromatic rings. The van der Waals surface area contributed by atoms with Crippen LogP contribution in [0.3, 0.4) is 0 Å². The number of aromatic carboxylic acids is 1. The fourth-order valence-corrected chi connectivity index (χ4v) is 6.59. The first-order valence-electron chi connectivity index (χ1n) is 13.8. The van der Waals surface area contributed by atoms with Gasteiger partial charge in [-0.25, -0.2) is 9.78 Å². The lowest BCUT2D eigenvalue weighted by molar-refractivity contribution is 0.0690. The summed E-state index contributed by atoms with van der Waals surface area (Å²) in [7, 11) is 0. The van der Waals surface area contributed by atoms with Crippen LogP contribution in [-0.4, -0.2) is 45.4 Å². The maximum atomic E-state index is 11.6. The van der Waals surface area contributed by atoms with Crippen molar-refractivity contribution in [2.24, 2.45) is 17.8 Å². The normalized spacial score (nSPS) is 21.7. The van der Waals surface area contributed by atoms with Crippen LogP contribution in [0.15, 0.2) is 47.3 Å². The molecule has 8 nitrogen and oxygen atoms in total. The number of hydrogen-bond donors (Lipinski definition) is 1. The van der Waals surface area contributed by atoms with E-state index >= 15 is 0 Å². The Balaban J connectivity index is 1.11. The highest BCUT2D eigenvalue weighted by Gasteiger charge is 2.54. The Hall–Kier alpha value is -3.62. The molecule has 2 aliphatic carbocycles. The number of benzene rings is 1. The zero-order valence-corrected chi connectivity index (χ0v) is 24.1. The molecule has 3 aromatic heterocycles. The van der Waals surface area contributed by atoms with Crippen molar-refractivity contribution in [3.8, 4) is 17.0 Å². The molecule has 10 heteroatoms. The molecule has 1 aromatic carbocycles. The van der Waals surface area contributed by atoms with E-state index in [1.807, 2.05) is 26.0 Å².